The van der Waals surface area contributed by atoms with Crippen LogP contribution in [-0.2, 0) is 4.79 Å². The molecule has 0 radical (unpaired) electrons. The summed E-state index contributed by atoms with van der Waals surface area (Å²) in [6.07, 6.45) is 2.48. The van der Waals surface area contributed by atoms with Crippen LogP contribution in [0.5, 0.6) is 0 Å². The van der Waals surface area contributed by atoms with E-state index in [-0.39, 0.29) is 18.4 Å². The number of imide groups is 1. The Kier molecular flexibility index (Phi) is 3.94. The van der Waals surface area contributed by atoms with E-state index in [9.17, 15) is 19.5 Å². The molecule has 6 heteroatoms. The van der Waals surface area contributed by atoms with Crippen molar-refractivity contribution in [2.75, 3.05) is 19.6 Å². The third kappa shape index (κ3) is 2.50. The molecule has 1 fully saturated rings. The monoisotopic (exact) mass is 302 g/mol. The third-order valence-electron chi connectivity index (χ3n) is 4.39. The maximum atomic E-state index is 12.3. The molecule has 0 bridgehead atoms. The maximum Gasteiger partial charge on any atom is 0.320 e. The second kappa shape index (κ2) is 5.88. The number of hydrogen-bond donors (Lipinski definition) is 1. The van der Waals surface area contributed by atoms with Crippen molar-refractivity contribution in [2.24, 2.45) is 0 Å². The number of benzene rings is 1. The molecule has 2 heterocycles. The molecule has 2 aliphatic heterocycles. The van der Waals surface area contributed by atoms with Gasteiger partial charge in [0.2, 0.25) is 0 Å². The molecule has 1 saturated heterocycles. The number of carboxylic acids is 1. The topological polar surface area (TPSA) is 77.9 Å². The smallest absolute Gasteiger partial charge is 0.320 e. The van der Waals surface area contributed by atoms with E-state index in [4.69, 9.17) is 0 Å². The molecule has 3 rings (SSSR count). The molecular formula is C16H18N2O4. The van der Waals surface area contributed by atoms with Gasteiger partial charge in [-0.1, -0.05) is 18.6 Å². The van der Waals surface area contributed by atoms with Crippen molar-refractivity contribution in [2.45, 2.75) is 25.3 Å². The lowest BCUT2D eigenvalue weighted by Gasteiger charge is -2.33. The molecular weight excluding hydrogens is 284 g/mol. The lowest BCUT2D eigenvalue weighted by Crippen LogP contribution is -2.48. The minimum absolute atomic E-state index is 0.232. The quantitative estimate of drug-likeness (QED) is 0.846. The SMILES string of the molecule is O=C(O)C1CCCCN1CCN1C(=O)c2ccccc2C1=O. The molecule has 2 aliphatic rings. The van der Waals surface area contributed by atoms with Crippen LogP contribution in [0, 0.1) is 0 Å². The Hall–Kier alpha value is -2.21. The van der Waals surface area contributed by atoms with Crippen molar-refractivity contribution in [3.63, 3.8) is 0 Å². The van der Waals surface area contributed by atoms with Gasteiger partial charge in [0.1, 0.15) is 6.04 Å². The highest BCUT2D eigenvalue weighted by Crippen LogP contribution is 2.23. The number of aliphatic carboxylic acids is 1. The van der Waals surface area contributed by atoms with Crippen LogP contribution < -0.4 is 0 Å². The minimum Gasteiger partial charge on any atom is -0.480 e. The van der Waals surface area contributed by atoms with Crippen LogP contribution in [0.15, 0.2) is 24.3 Å². The van der Waals surface area contributed by atoms with Crippen LogP contribution >= 0.6 is 0 Å². The highest BCUT2D eigenvalue weighted by atomic mass is 16.4. The number of amides is 2. The van der Waals surface area contributed by atoms with Gasteiger partial charge in [-0.3, -0.25) is 24.2 Å². The molecule has 2 amide bonds. The van der Waals surface area contributed by atoms with Crippen molar-refractivity contribution in [3.8, 4) is 0 Å². The number of fused-ring (bicyclic) bond motifs is 1. The molecule has 0 spiro atoms. The largest absolute Gasteiger partial charge is 0.480 e. The molecule has 0 aliphatic carbocycles. The van der Waals surface area contributed by atoms with Gasteiger partial charge in [-0.25, -0.2) is 0 Å². The number of hydrogen-bond acceptors (Lipinski definition) is 4. The average molecular weight is 302 g/mol. The van der Waals surface area contributed by atoms with E-state index in [1.807, 2.05) is 4.90 Å². The zero-order valence-electron chi connectivity index (χ0n) is 12.2. The molecule has 116 valence electrons. The van der Waals surface area contributed by atoms with Crippen LogP contribution in [0.3, 0.4) is 0 Å². The first-order valence-electron chi connectivity index (χ1n) is 7.51. The van der Waals surface area contributed by atoms with Gasteiger partial charge in [0.05, 0.1) is 11.1 Å². The second-order valence-electron chi connectivity index (χ2n) is 5.69. The number of rotatable bonds is 4. The van der Waals surface area contributed by atoms with Crippen LogP contribution in [0.4, 0.5) is 0 Å². The lowest BCUT2D eigenvalue weighted by atomic mass is 10.0. The molecule has 1 unspecified atom stereocenters. The molecule has 1 atom stereocenters. The van der Waals surface area contributed by atoms with E-state index in [0.29, 0.717) is 30.6 Å². The summed E-state index contributed by atoms with van der Waals surface area (Å²) in [7, 11) is 0. The summed E-state index contributed by atoms with van der Waals surface area (Å²) >= 11 is 0. The first-order chi connectivity index (χ1) is 10.6. The summed E-state index contributed by atoms with van der Waals surface area (Å²) < 4.78 is 0. The Labute approximate surface area is 128 Å². The first-order valence-corrected chi connectivity index (χ1v) is 7.51. The summed E-state index contributed by atoms with van der Waals surface area (Å²) in [6.45, 7) is 1.33. The second-order valence-corrected chi connectivity index (χ2v) is 5.69. The van der Waals surface area contributed by atoms with Gasteiger partial charge in [0.25, 0.3) is 11.8 Å². The number of piperidine rings is 1. The standard InChI is InChI=1S/C16H18N2O4/c19-14-11-5-1-2-6-12(11)15(20)18(14)10-9-17-8-4-3-7-13(17)16(21)22/h1-2,5-6,13H,3-4,7-10H2,(H,21,22). The highest BCUT2D eigenvalue weighted by Gasteiger charge is 2.36. The Morgan fingerprint density at radius 2 is 1.73 bits per heavy atom. The van der Waals surface area contributed by atoms with Gasteiger partial charge < -0.3 is 5.11 Å². The van der Waals surface area contributed by atoms with Gasteiger partial charge in [-0.15, -0.1) is 0 Å². The Bertz CT molecular complexity index is 593. The van der Waals surface area contributed by atoms with Gasteiger partial charge in [-0.05, 0) is 31.5 Å². The number of likely N-dealkylation sites (tertiary alicyclic amines) is 1. The van der Waals surface area contributed by atoms with E-state index in [1.54, 1.807) is 24.3 Å². The maximum absolute atomic E-state index is 12.3. The van der Waals surface area contributed by atoms with Gasteiger partial charge in [0, 0.05) is 13.1 Å². The zero-order valence-corrected chi connectivity index (χ0v) is 12.2. The van der Waals surface area contributed by atoms with Gasteiger partial charge in [0.15, 0.2) is 0 Å². The predicted octanol–water partition coefficient (Wildman–Crippen LogP) is 1.22. The summed E-state index contributed by atoms with van der Waals surface area (Å²) in [5, 5.41) is 9.26. The molecule has 1 aromatic rings. The highest BCUT2D eigenvalue weighted by molar-refractivity contribution is 6.21. The molecule has 0 saturated carbocycles. The van der Waals surface area contributed by atoms with Crippen LogP contribution in [-0.4, -0.2) is 58.4 Å². The van der Waals surface area contributed by atoms with E-state index in [2.05, 4.69) is 0 Å². The summed E-state index contributed by atoms with van der Waals surface area (Å²) in [5.74, 6) is -1.41. The fourth-order valence-corrected chi connectivity index (χ4v) is 3.21. The van der Waals surface area contributed by atoms with Crippen molar-refractivity contribution in [3.05, 3.63) is 35.4 Å². The fraction of sp³-hybridized carbons (Fsp3) is 0.438. The average Bonchev–Trinajstić information content (AvgIpc) is 2.77. The summed E-state index contributed by atoms with van der Waals surface area (Å²) in [6, 6.07) is 6.26. The fourth-order valence-electron chi connectivity index (χ4n) is 3.21. The van der Waals surface area contributed by atoms with Gasteiger partial charge >= 0.3 is 5.97 Å². The Morgan fingerprint density at radius 3 is 2.32 bits per heavy atom. The molecule has 0 aromatic heterocycles. The molecule has 6 nitrogen and oxygen atoms in total. The third-order valence-corrected chi connectivity index (χ3v) is 4.39. The van der Waals surface area contributed by atoms with Crippen molar-refractivity contribution in [1.82, 2.24) is 9.80 Å². The Morgan fingerprint density at radius 1 is 1.09 bits per heavy atom. The van der Waals surface area contributed by atoms with E-state index in [0.717, 1.165) is 12.8 Å². The molecule has 1 N–H and O–H groups in total. The minimum atomic E-state index is -0.831. The number of nitrogens with zero attached hydrogens (tertiary/aromatic N) is 2. The normalized spacial score (nSPS) is 22.0. The lowest BCUT2D eigenvalue weighted by molar-refractivity contribution is -0.144. The van der Waals surface area contributed by atoms with Crippen molar-refractivity contribution in [1.29, 1.82) is 0 Å². The van der Waals surface area contributed by atoms with Crippen LogP contribution in [0.2, 0.25) is 0 Å². The Balaban J connectivity index is 1.68. The van der Waals surface area contributed by atoms with Crippen molar-refractivity contribution < 1.29 is 19.5 Å². The number of carbonyl (C=O) groups is 3. The number of carbonyl (C=O) groups excluding carboxylic acids is 2. The van der Waals surface area contributed by atoms with E-state index < -0.39 is 12.0 Å². The molecule has 1 aromatic carbocycles. The van der Waals surface area contributed by atoms with Crippen molar-refractivity contribution >= 4 is 17.8 Å². The van der Waals surface area contributed by atoms with E-state index >= 15 is 0 Å². The molecule has 22 heavy (non-hydrogen) atoms. The first kappa shape index (κ1) is 14.7. The van der Waals surface area contributed by atoms with Gasteiger partial charge in [-0.2, -0.15) is 0 Å². The number of carboxylic acid groups (broad SMARTS) is 1. The van der Waals surface area contributed by atoms with E-state index in [1.165, 1.54) is 4.90 Å². The zero-order chi connectivity index (χ0) is 15.7. The summed E-state index contributed by atoms with van der Waals surface area (Å²) in [5.41, 5.74) is 0.863. The van der Waals surface area contributed by atoms with Crippen LogP contribution in [0.25, 0.3) is 0 Å². The van der Waals surface area contributed by atoms with Crippen LogP contribution in [0.1, 0.15) is 40.0 Å². The predicted molar refractivity (Wildman–Crippen MR) is 78.7 cm³/mol. The summed E-state index contributed by atoms with van der Waals surface area (Å²) in [4.78, 5) is 38.9.